The van der Waals surface area contributed by atoms with Crippen LogP contribution in [0.5, 0.6) is 0 Å². The monoisotopic (exact) mass is 1100 g/mol. The summed E-state index contributed by atoms with van der Waals surface area (Å²) in [6.45, 7) is 4.50. The maximum Gasteiger partial charge on any atom is 0.0641 e. The molecule has 0 bridgehead atoms. The minimum absolute atomic E-state index is 0.941. The van der Waals surface area contributed by atoms with Crippen molar-refractivity contribution in [3.63, 3.8) is 0 Å². The van der Waals surface area contributed by atoms with E-state index in [1.165, 1.54) is 132 Å². The van der Waals surface area contributed by atoms with Gasteiger partial charge in [-0.05, 0) is 119 Å². The molecule has 0 amide bonds. The zero-order valence-electron chi connectivity index (χ0n) is 47.9. The number of rotatable bonds is 12. The number of aromatic nitrogens is 2. The molecule has 4 heteroatoms. The fourth-order valence-electron chi connectivity index (χ4n) is 14.4. The molecular formula is C82H58N4. The van der Waals surface area contributed by atoms with E-state index >= 15 is 0 Å². The summed E-state index contributed by atoms with van der Waals surface area (Å²) < 4.78 is 5.15. The molecule has 0 unspecified atom stereocenters. The van der Waals surface area contributed by atoms with Gasteiger partial charge in [0, 0.05) is 65.3 Å². The van der Waals surface area contributed by atoms with Crippen LogP contribution >= 0.6 is 0 Å². The molecule has 406 valence electrons. The van der Waals surface area contributed by atoms with E-state index < -0.39 is 0 Å². The topological polar surface area (TPSA) is 15.3 Å². The van der Waals surface area contributed by atoms with Gasteiger partial charge in [0.05, 0.1) is 67.2 Å². The molecule has 0 radical (unpaired) electrons. The summed E-state index contributed by atoms with van der Waals surface area (Å²) in [5.41, 5.74) is 26.1. The van der Waals surface area contributed by atoms with E-state index in [9.17, 15) is 0 Å². The first kappa shape index (κ1) is 49.7. The van der Waals surface area contributed by atoms with Crippen LogP contribution in [-0.4, -0.2) is 8.80 Å². The second-order valence-electron chi connectivity index (χ2n) is 22.9. The van der Waals surface area contributed by atoms with Crippen LogP contribution in [0.2, 0.25) is 0 Å². The van der Waals surface area contributed by atoms with Gasteiger partial charge in [-0.15, -0.1) is 0 Å². The first-order valence-electron chi connectivity index (χ1n) is 30.2. The van der Waals surface area contributed by atoms with Crippen LogP contribution in [0.15, 0.2) is 291 Å². The molecule has 17 aromatic rings. The smallest absolute Gasteiger partial charge is 0.0641 e. The Hall–Kier alpha value is -10.9. The molecule has 86 heavy (non-hydrogen) atoms. The predicted molar refractivity (Wildman–Crippen MR) is 366 cm³/mol. The van der Waals surface area contributed by atoms with E-state index in [2.05, 4.69) is 324 Å². The van der Waals surface area contributed by atoms with Crippen LogP contribution in [0.3, 0.4) is 0 Å². The molecule has 4 nitrogen and oxygen atoms in total. The fourth-order valence-corrected chi connectivity index (χ4v) is 14.4. The molecule has 0 atom stereocenters. The third kappa shape index (κ3) is 7.49. The van der Waals surface area contributed by atoms with Gasteiger partial charge in [0.25, 0.3) is 0 Å². The number of benzene rings is 13. The Morgan fingerprint density at radius 3 is 0.965 bits per heavy atom. The summed E-state index contributed by atoms with van der Waals surface area (Å²) in [6.07, 6.45) is 1.88. The number of fused-ring (bicyclic) bond motifs is 12. The number of hydrogen-bond donors (Lipinski definition) is 0. The van der Waals surface area contributed by atoms with Crippen molar-refractivity contribution in [2.45, 2.75) is 26.7 Å². The normalized spacial score (nSPS) is 11.9. The average molecular weight is 1100 g/mol. The summed E-state index contributed by atoms with van der Waals surface area (Å²) in [5, 5.41) is 9.83. The van der Waals surface area contributed by atoms with Crippen LogP contribution in [0.25, 0.3) is 121 Å². The molecular weight excluding hydrogens is 1040 g/mol. The maximum absolute atomic E-state index is 2.57. The van der Waals surface area contributed by atoms with E-state index in [1.807, 2.05) is 0 Å². The van der Waals surface area contributed by atoms with Crippen molar-refractivity contribution in [2.24, 2.45) is 0 Å². The lowest BCUT2D eigenvalue weighted by molar-refractivity contribution is 1.14. The van der Waals surface area contributed by atoms with E-state index in [0.717, 1.165) is 47.0 Å². The molecule has 4 heterocycles. The highest BCUT2D eigenvalue weighted by atomic mass is 15.2. The van der Waals surface area contributed by atoms with Crippen LogP contribution in [0, 0.1) is 0 Å². The first-order chi connectivity index (χ1) is 42.6. The largest absolute Gasteiger partial charge is 0.309 e. The molecule has 13 aromatic carbocycles. The molecule has 0 saturated carbocycles. The summed E-state index contributed by atoms with van der Waals surface area (Å²) in [5.74, 6) is 0. The highest BCUT2D eigenvalue weighted by Gasteiger charge is 2.31. The van der Waals surface area contributed by atoms with Gasteiger partial charge in [-0.3, -0.25) is 0 Å². The molecule has 0 aliphatic rings. The van der Waals surface area contributed by atoms with Gasteiger partial charge in [0.1, 0.15) is 0 Å². The first-order valence-corrected chi connectivity index (χ1v) is 30.2. The Morgan fingerprint density at radius 1 is 0.244 bits per heavy atom. The highest BCUT2D eigenvalue weighted by Crippen LogP contribution is 2.54. The van der Waals surface area contributed by atoms with Gasteiger partial charge in [0.2, 0.25) is 0 Å². The van der Waals surface area contributed by atoms with Crippen molar-refractivity contribution in [2.75, 3.05) is 9.80 Å². The van der Waals surface area contributed by atoms with Crippen LogP contribution in [0.1, 0.15) is 25.0 Å². The van der Waals surface area contributed by atoms with Crippen LogP contribution in [0.4, 0.5) is 34.1 Å². The van der Waals surface area contributed by atoms with Gasteiger partial charge < -0.3 is 18.6 Å². The molecule has 0 fully saturated rings. The lowest BCUT2D eigenvalue weighted by Crippen LogP contribution is -2.13. The van der Waals surface area contributed by atoms with E-state index in [4.69, 9.17) is 0 Å². The Bertz CT molecular complexity index is 5090. The van der Waals surface area contributed by atoms with Gasteiger partial charge in [-0.1, -0.05) is 232 Å². The summed E-state index contributed by atoms with van der Waals surface area (Å²) in [4.78, 5) is 5.12. The quantitative estimate of drug-likeness (QED) is 0.121. The minimum atomic E-state index is 0.941. The zero-order chi connectivity index (χ0) is 57.0. The molecule has 0 aliphatic heterocycles. The summed E-state index contributed by atoms with van der Waals surface area (Å²) >= 11 is 0. The van der Waals surface area contributed by atoms with Gasteiger partial charge >= 0.3 is 0 Å². The lowest BCUT2D eigenvalue weighted by atomic mass is 9.95. The Morgan fingerprint density at radius 2 is 0.570 bits per heavy atom. The van der Waals surface area contributed by atoms with E-state index in [-0.39, 0.29) is 0 Å². The number of aryl methyl sites for hydroxylation is 2. The van der Waals surface area contributed by atoms with Gasteiger partial charge in [-0.2, -0.15) is 0 Å². The predicted octanol–water partition coefficient (Wildman–Crippen LogP) is 22.7. The average Bonchev–Trinajstić information content (AvgIpc) is 1.53. The Labute approximate surface area is 499 Å². The standard InChI is InChI=1S/C82H58N4/c1-3-53-41-45-73(65(49-53)57-29-13-7-14-30-57)83(69-37-21-17-33-59(69)55-25-9-5-10-26-55)75-47-43-61-67-51-78-68(52-77(67)85-71-39-23-19-35-63(71)79(75)81(61)85)62-44-48-76(80-64-36-20-24-40-72(64)86(78)82(62)80)84(70-38-22-18-34-60(70)56-27-11-6-12-28-56)74-46-42-54(4-2)50-66(74)58-31-15-8-16-32-58/h5-52H,3-4H2,1-2H3. The minimum Gasteiger partial charge on any atom is -0.309 e. The second-order valence-corrected chi connectivity index (χ2v) is 22.9. The Kier molecular flexibility index (Phi) is 11.5. The Balaban J connectivity index is 0.948. The van der Waals surface area contributed by atoms with Crippen molar-refractivity contribution in [3.05, 3.63) is 302 Å². The molecule has 17 rings (SSSR count). The third-order valence-corrected chi connectivity index (χ3v) is 18.3. The molecule has 0 aliphatic carbocycles. The van der Waals surface area contributed by atoms with Gasteiger partial charge in [0.15, 0.2) is 0 Å². The SMILES string of the molecule is CCc1ccc(N(c2ccccc2-c2ccccc2)c2ccc3c4cc5c(cc4n4c6ccccc6c2c34)c2ccc(N(c3ccccc3-c3ccccc3)c3ccc(CC)cc3-c3ccccc3)c3c4ccccc4n5c23)c(-c2ccccc2)c1. The molecule has 4 aromatic heterocycles. The number of nitrogens with zero attached hydrogens (tertiary/aromatic N) is 4. The fraction of sp³-hybridized carbons (Fsp3) is 0.0488. The third-order valence-electron chi connectivity index (χ3n) is 18.3. The van der Waals surface area contributed by atoms with Crippen molar-refractivity contribution >= 4 is 110 Å². The van der Waals surface area contributed by atoms with E-state index in [0.29, 0.717) is 0 Å². The highest BCUT2D eigenvalue weighted by molar-refractivity contribution is 6.32. The maximum atomic E-state index is 2.57. The van der Waals surface area contributed by atoms with Crippen molar-refractivity contribution in [1.29, 1.82) is 0 Å². The summed E-state index contributed by atoms with van der Waals surface area (Å²) in [7, 11) is 0. The van der Waals surface area contributed by atoms with Crippen LogP contribution in [-0.2, 0) is 12.8 Å². The summed E-state index contributed by atoms with van der Waals surface area (Å²) in [6, 6.07) is 108. The second kappa shape index (κ2) is 19.9. The van der Waals surface area contributed by atoms with Gasteiger partial charge in [-0.25, -0.2) is 0 Å². The number of anilines is 6. The van der Waals surface area contributed by atoms with Crippen molar-refractivity contribution in [3.8, 4) is 44.5 Å². The molecule has 0 spiro atoms. The number of para-hydroxylation sites is 4. The van der Waals surface area contributed by atoms with E-state index in [1.54, 1.807) is 0 Å². The van der Waals surface area contributed by atoms with Crippen LogP contribution < -0.4 is 9.80 Å². The van der Waals surface area contributed by atoms with Crippen molar-refractivity contribution in [1.82, 2.24) is 8.80 Å². The lowest BCUT2D eigenvalue weighted by Gasteiger charge is -2.31. The zero-order valence-corrected chi connectivity index (χ0v) is 47.9. The molecule has 0 saturated heterocycles. The number of hydrogen-bond acceptors (Lipinski definition) is 2. The molecule has 0 N–H and O–H groups in total. The van der Waals surface area contributed by atoms with Crippen molar-refractivity contribution < 1.29 is 0 Å².